The molecule has 0 saturated heterocycles. The standard InChI is InChI=1S/C31H37NO3S/c1-7-31(5,6)21-14-17-28-25(18-21)26-19-27(23-10-8-9-11-24(23)29(26)35-28)32-36(33,34)22-15-12-20(13-16-22)30(2,3)4/h8-13,15-16,19,21,32H,7,14,17-18H2,1-6H3. The number of furan rings is 1. The largest absolute Gasteiger partial charge is 0.460 e. The average Bonchev–Trinajstić information content (AvgIpc) is 3.21. The molecule has 1 aromatic heterocycles. The highest BCUT2D eigenvalue weighted by Crippen LogP contribution is 2.45. The molecule has 4 aromatic rings. The molecule has 0 fully saturated rings. The first kappa shape index (κ1) is 24.9. The predicted octanol–water partition coefficient (Wildman–Crippen LogP) is 8.23. The molecular formula is C31H37NO3S. The lowest BCUT2D eigenvalue weighted by Gasteiger charge is -2.36. The Morgan fingerprint density at radius 3 is 2.25 bits per heavy atom. The Labute approximate surface area is 215 Å². The van der Waals surface area contributed by atoms with Crippen molar-refractivity contribution >= 4 is 37.5 Å². The third kappa shape index (κ3) is 4.32. The zero-order chi connectivity index (χ0) is 25.9. The van der Waals surface area contributed by atoms with Crippen LogP contribution in [0.15, 0.2) is 63.9 Å². The first-order chi connectivity index (χ1) is 16.9. The van der Waals surface area contributed by atoms with E-state index < -0.39 is 10.0 Å². The quantitative estimate of drug-likeness (QED) is 0.298. The minimum absolute atomic E-state index is 0.0401. The number of fused-ring (bicyclic) bond motifs is 5. The van der Waals surface area contributed by atoms with E-state index >= 15 is 0 Å². The van der Waals surface area contributed by atoms with Crippen LogP contribution in [-0.4, -0.2) is 8.42 Å². The van der Waals surface area contributed by atoms with Crippen LogP contribution in [0.2, 0.25) is 0 Å². The first-order valence-corrected chi connectivity index (χ1v) is 14.5. The molecule has 0 amide bonds. The summed E-state index contributed by atoms with van der Waals surface area (Å²) in [5.41, 5.74) is 4.01. The third-order valence-electron chi connectivity index (χ3n) is 8.34. The van der Waals surface area contributed by atoms with Gasteiger partial charge in [0.05, 0.1) is 10.6 Å². The zero-order valence-electron chi connectivity index (χ0n) is 22.2. The number of rotatable bonds is 5. The molecule has 5 heteroatoms. The normalized spacial score (nSPS) is 16.9. The molecular weight excluding hydrogens is 466 g/mol. The van der Waals surface area contributed by atoms with E-state index in [9.17, 15) is 8.42 Å². The minimum Gasteiger partial charge on any atom is -0.460 e. The number of hydrogen-bond donors (Lipinski definition) is 1. The van der Waals surface area contributed by atoms with Crippen molar-refractivity contribution in [3.05, 3.63) is 71.5 Å². The topological polar surface area (TPSA) is 59.3 Å². The smallest absolute Gasteiger partial charge is 0.261 e. The van der Waals surface area contributed by atoms with Crippen LogP contribution < -0.4 is 4.72 Å². The number of sulfonamides is 1. The van der Waals surface area contributed by atoms with Crippen LogP contribution in [0.1, 0.15) is 71.3 Å². The molecule has 1 unspecified atom stereocenters. The van der Waals surface area contributed by atoms with E-state index in [1.165, 1.54) is 5.56 Å². The molecule has 1 N–H and O–H groups in total. The SMILES string of the molecule is CCC(C)(C)C1CCc2oc3c(cc(NS(=O)(=O)c4ccc(C(C)(C)C)cc4)c4ccccc43)c2C1. The Morgan fingerprint density at radius 1 is 0.944 bits per heavy atom. The number of anilines is 1. The van der Waals surface area contributed by atoms with E-state index in [1.54, 1.807) is 12.1 Å². The fraction of sp³-hybridized carbons (Fsp3) is 0.419. The van der Waals surface area contributed by atoms with Crippen molar-refractivity contribution in [3.8, 4) is 0 Å². The molecule has 4 nitrogen and oxygen atoms in total. The van der Waals surface area contributed by atoms with Crippen molar-refractivity contribution < 1.29 is 12.8 Å². The van der Waals surface area contributed by atoms with Crippen LogP contribution in [0.3, 0.4) is 0 Å². The highest BCUT2D eigenvalue weighted by Gasteiger charge is 2.34. The zero-order valence-corrected chi connectivity index (χ0v) is 23.1. The van der Waals surface area contributed by atoms with Crippen molar-refractivity contribution in [1.29, 1.82) is 0 Å². The van der Waals surface area contributed by atoms with Gasteiger partial charge in [0.1, 0.15) is 11.3 Å². The Hall–Kier alpha value is -2.79. The maximum absolute atomic E-state index is 13.5. The Morgan fingerprint density at radius 2 is 1.61 bits per heavy atom. The van der Waals surface area contributed by atoms with Gasteiger partial charge in [-0.3, -0.25) is 4.72 Å². The highest BCUT2D eigenvalue weighted by molar-refractivity contribution is 7.92. The van der Waals surface area contributed by atoms with Crippen molar-refractivity contribution in [2.45, 2.75) is 77.5 Å². The lowest BCUT2D eigenvalue weighted by Crippen LogP contribution is -2.28. The van der Waals surface area contributed by atoms with E-state index in [0.717, 1.165) is 58.7 Å². The van der Waals surface area contributed by atoms with Gasteiger partial charge in [-0.25, -0.2) is 8.42 Å². The highest BCUT2D eigenvalue weighted by atomic mass is 32.2. The monoisotopic (exact) mass is 503 g/mol. The Kier molecular flexibility index (Phi) is 5.98. The van der Waals surface area contributed by atoms with E-state index in [1.807, 2.05) is 42.5 Å². The molecule has 0 radical (unpaired) electrons. The number of nitrogens with one attached hydrogen (secondary N) is 1. The fourth-order valence-electron chi connectivity index (χ4n) is 5.48. The predicted molar refractivity (Wildman–Crippen MR) is 149 cm³/mol. The van der Waals surface area contributed by atoms with Gasteiger partial charge in [-0.2, -0.15) is 0 Å². The minimum atomic E-state index is -3.76. The van der Waals surface area contributed by atoms with Crippen LogP contribution in [0.5, 0.6) is 0 Å². The summed E-state index contributed by atoms with van der Waals surface area (Å²) >= 11 is 0. The lowest BCUT2D eigenvalue weighted by molar-refractivity contribution is 0.179. The van der Waals surface area contributed by atoms with E-state index in [-0.39, 0.29) is 15.7 Å². The number of benzene rings is 3. The molecule has 1 heterocycles. The molecule has 0 saturated carbocycles. The second kappa shape index (κ2) is 8.65. The van der Waals surface area contributed by atoms with Crippen molar-refractivity contribution in [3.63, 3.8) is 0 Å². The van der Waals surface area contributed by atoms with Gasteiger partial charge >= 0.3 is 0 Å². The molecule has 0 aliphatic heterocycles. The van der Waals surface area contributed by atoms with Gasteiger partial charge in [-0.1, -0.05) is 84.4 Å². The first-order valence-electron chi connectivity index (χ1n) is 13.0. The average molecular weight is 504 g/mol. The number of aryl methyl sites for hydroxylation is 1. The molecule has 1 aliphatic rings. The molecule has 36 heavy (non-hydrogen) atoms. The van der Waals surface area contributed by atoms with Crippen LogP contribution >= 0.6 is 0 Å². The van der Waals surface area contributed by atoms with Gasteiger partial charge in [-0.05, 0) is 53.4 Å². The lowest BCUT2D eigenvalue weighted by atomic mass is 9.69. The second-order valence-corrected chi connectivity index (χ2v) is 13.7. The molecule has 0 bridgehead atoms. The van der Waals surface area contributed by atoms with Crippen molar-refractivity contribution in [2.75, 3.05) is 4.72 Å². The summed E-state index contributed by atoms with van der Waals surface area (Å²) in [4.78, 5) is 0.263. The summed E-state index contributed by atoms with van der Waals surface area (Å²) in [7, 11) is -3.76. The maximum Gasteiger partial charge on any atom is 0.261 e. The molecule has 1 atom stereocenters. The van der Waals surface area contributed by atoms with Crippen LogP contribution in [-0.2, 0) is 28.3 Å². The fourth-order valence-corrected chi connectivity index (χ4v) is 6.55. The van der Waals surface area contributed by atoms with E-state index in [0.29, 0.717) is 11.6 Å². The van der Waals surface area contributed by atoms with Gasteiger partial charge in [-0.15, -0.1) is 0 Å². The summed E-state index contributed by atoms with van der Waals surface area (Å²) in [6, 6.07) is 17.1. The molecule has 3 aromatic carbocycles. The molecule has 0 spiro atoms. The van der Waals surface area contributed by atoms with Crippen molar-refractivity contribution in [1.82, 2.24) is 0 Å². The summed E-state index contributed by atoms with van der Waals surface area (Å²) < 4.78 is 36.3. The number of hydrogen-bond acceptors (Lipinski definition) is 3. The van der Waals surface area contributed by atoms with Crippen LogP contribution in [0, 0.1) is 11.3 Å². The maximum atomic E-state index is 13.5. The van der Waals surface area contributed by atoms with Gasteiger partial charge in [0.2, 0.25) is 0 Å². The third-order valence-corrected chi connectivity index (χ3v) is 9.73. The van der Waals surface area contributed by atoms with Crippen molar-refractivity contribution in [2.24, 2.45) is 11.3 Å². The summed E-state index contributed by atoms with van der Waals surface area (Å²) in [5.74, 6) is 1.62. The van der Waals surface area contributed by atoms with Crippen LogP contribution in [0.25, 0.3) is 21.7 Å². The molecule has 1 aliphatic carbocycles. The van der Waals surface area contributed by atoms with E-state index in [4.69, 9.17) is 4.42 Å². The molecule has 190 valence electrons. The second-order valence-electron chi connectivity index (χ2n) is 12.0. The van der Waals surface area contributed by atoms with E-state index in [2.05, 4.69) is 46.3 Å². The Bertz CT molecular complexity index is 1540. The van der Waals surface area contributed by atoms with Gasteiger partial charge in [0, 0.05) is 28.1 Å². The van der Waals surface area contributed by atoms with Gasteiger partial charge in [0.15, 0.2) is 0 Å². The molecule has 5 rings (SSSR count). The van der Waals surface area contributed by atoms with Gasteiger partial charge in [0.25, 0.3) is 10.0 Å². The van der Waals surface area contributed by atoms with Crippen LogP contribution in [0.4, 0.5) is 5.69 Å². The Balaban J connectivity index is 1.60. The van der Waals surface area contributed by atoms with Gasteiger partial charge < -0.3 is 4.42 Å². The summed E-state index contributed by atoms with van der Waals surface area (Å²) in [5, 5.41) is 2.81. The summed E-state index contributed by atoms with van der Waals surface area (Å²) in [6.07, 6.45) is 4.13. The summed E-state index contributed by atoms with van der Waals surface area (Å²) in [6.45, 7) is 13.3.